The van der Waals surface area contributed by atoms with E-state index in [-0.39, 0.29) is 48.0 Å². The van der Waals surface area contributed by atoms with Crippen LogP contribution >= 0.6 is 0 Å². The topological polar surface area (TPSA) is 107 Å². The number of nitrogens with one attached hydrogen (secondary N) is 2. The molecule has 33 heavy (non-hydrogen) atoms. The molecule has 0 aliphatic carbocycles. The van der Waals surface area contributed by atoms with Gasteiger partial charge in [-0.25, -0.2) is 4.39 Å². The molecule has 170 valence electrons. The van der Waals surface area contributed by atoms with E-state index in [0.29, 0.717) is 24.2 Å². The number of H-pyrrole nitrogens is 1. The number of piperazine rings is 1. The number of aromatic amines is 1. The second kappa shape index (κ2) is 9.23. The number of hydrogen-bond acceptors (Lipinski definition) is 5. The molecule has 0 spiro atoms. The Morgan fingerprint density at radius 2 is 1.67 bits per heavy atom. The van der Waals surface area contributed by atoms with Crippen LogP contribution in [0.4, 0.5) is 4.39 Å². The van der Waals surface area contributed by atoms with Crippen LogP contribution in [0.5, 0.6) is 0 Å². The van der Waals surface area contributed by atoms with Crippen LogP contribution in [0.3, 0.4) is 0 Å². The van der Waals surface area contributed by atoms with E-state index in [9.17, 15) is 18.8 Å². The molecule has 0 bridgehead atoms. The third-order valence-corrected chi connectivity index (χ3v) is 5.63. The maximum absolute atomic E-state index is 14.6. The van der Waals surface area contributed by atoms with Gasteiger partial charge in [-0.3, -0.25) is 19.8 Å². The standard InChI is InChI=1S/C24H23FN4O4/c1-2-33-22(26)16-8-9-18(25)19-17(14-27-20(16)19)21(30)24(32)29-12-10-28(11-13-29)23(31)15-6-4-3-5-7-15/h3-9,14,26-27H,2,10-13H2,1H3. The summed E-state index contributed by atoms with van der Waals surface area (Å²) in [6, 6.07) is 11.4. The van der Waals surface area contributed by atoms with Crippen LogP contribution in [0.2, 0.25) is 0 Å². The molecule has 0 unspecified atom stereocenters. The molecule has 4 rings (SSSR count). The molecule has 9 heteroatoms. The first kappa shape index (κ1) is 22.2. The molecule has 2 N–H and O–H groups in total. The smallest absolute Gasteiger partial charge is 0.295 e. The first-order valence-electron chi connectivity index (χ1n) is 10.6. The number of aromatic nitrogens is 1. The second-order valence-corrected chi connectivity index (χ2v) is 7.59. The number of halogens is 1. The molecule has 1 aliphatic rings. The van der Waals surface area contributed by atoms with Crippen molar-refractivity contribution in [2.45, 2.75) is 6.92 Å². The van der Waals surface area contributed by atoms with Crippen LogP contribution in [0.25, 0.3) is 10.9 Å². The van der Waals surface area contributed by atoms with E-state index in [4.69, 9.17) is 10.1 Å². The van der Waals surface area contributed by atoms with Gasteiger partial charge in [-0.2, -0.15) is 0 Å². The number of hydrogen-bond donors (Lipinski definition) is 2. The highest BCUT2D eigenvalue weighted by atomic mass is 19.1. The van der Waals surface area contributed by atoms with E-state index in [1.54, 1.807) is 36.1 Å². The van der Waals surface area contributed by atoms with Crippen LogP contribution in [0.1, 0.15) is 33.2 Å². The summed E-state index contributed by atoms with van der Waals surface area (Å²) in [6.45, 7) is 2.99. The van der Waals surface area contributed by atoms with Crippen molar-refractivity contribution in [2.75, 3.05) is 32.8 Å². The van der Waals surface area contributed by atoms with Crippen LogP contribution in [0.15, 0.2) is 48.7 Å². The summed E-state index contributed by atoms with van der Waals surface area (Å²) in [5, 5.41) is 7.95. The van der Waals surface area contributed by atoms with E-state index in [1.165, 1.54) is 17.2 Å². The third kappa shape index (κ3) is 4.21. The summed E-state index contributed by atoms with van der Waals surface area (Å²) in [5.41, 5.74) is 0.994. The Balaban J connectivity index is 1.50. The number of fused-ring (bicyclic) bond motifs is 1. The normalized spacial score (nSPS) is 13.8. The molecule has 0 radical (unpaired) electrons. The number of ether oxygens (including phenoxy) is 1. The summed E-state index contributed by atoms with van der Waals surface area (Å²) in [5.74, 6) is -2.56. The Hall–Kier alpha value is -4.01. The average molecular weight is 450 g/mol. The zero-order chi connectivity index (χ0) is 23.5. The molecule has 0 atom stereocenters. The Labute approximate surface area is 189 Å². The summed E-state index contributed by atoms with van der Waals surface area (Å²) in [4.78, 5) is 44.3. The first-order chi connectivity index (χ1) is 15.9. The molecule has 2 aromatic carbocycles. The highest BCUT2D eigenvalue weighted by molar-refractivity contribution is 6.45. The van der Waals surface area contributed by atoms with Crippen molar-refractivity contribution < 1.29 is 23.5 Å². The van der Waals surface area contributed by atoms with E-state index in [0.717, 1.165) is 6.07 Å². The predicted octanol–water partition coefficient (Wildman–Crippen LogP) is 2.84. The lowest BCUT2D eigenvalue weighted by Crippen LogP contribution is -2.52. The number of nitrogens with zero attached hydrogens (tertiary/aromatic N) is 2. The number of Topliss-reactive ketones (excluding diaryl/α,β-unsaturated/α-hetero) is 1. The van der Waals surface area contributed by atoms with E-state index >= 15 is 0 Å². The molecule has 8 nitrogen and oxygen atoms in total. The zero-order valence-electron chi connectivity index (χ0n) is 18.1. The second-order valence-electron chi connectivity index (χ2n) is 7.59. The van der Waals surface area contributed by atoms with E-state index in [2.05, 4.69) is 4.98 Å². The number of carbonyl (C=O) groups is 3. The average Bonchev–Trinajstić information content (AvgIpc) is 3.30. The van der Waals surface area contributed by atoms with Crippen LogP contribution in [0, 0.1) is 11.2 Å². The predicted molar refractivity (Wildman–Crippen MR) is 120 cm³/mol. The zero-order valence-corrected chi connectivity index (χ0v) is 18.1. The van der Waals surface area contributed by atoms with Crippen LogP contribution in [-0.4, -0.2) is 71.1 Å². The van der Waals surface area contributed by atoms with Gasteiger partial charge in [0.1, 0.15) is 5.82 Å². The van der Waals surface area contributed by atoms with Crippen LogP contribution < -0.4 is 0 Å². The molecule has 1 aliphatic heterocycles. The van der Waals surface area contributed by atoms with Crippen molar-refractivity contribution in [3.8, 4) is 0 Å². The van der Waals surface area contributed by atoms with Crippen molar-refractivity contribution in [1.29, 1.82) is 5.41 Å². The maximum atomic E-state index is 14.6. The summed E-state index contributed by atoms with van der Waals surface area (Å²) in [7, 11) is 0. The van der Waals surface area contributed by atoms with Gasteiger partial charge in [0.2, 0.25) is 5.90 Å². The van der Waals surface area contributed by atoms with Crippen molar-refractivity contribution >= 4 is 34.4 Å². The molecule has 1 aromatic heterocycles. The summed E-state index contributed by atoms with van der Waals surface area (Å²) in [6.07, 6.45) is 1.28. The third-order valence-electron chi connectivity index (χ3n) is 5.63. The minimum atomic E-state index is -0.844. The molecule has 1 saturated heterocycles. The fraction of sp³-hybridized carbons (Fsp3) is 0.250. The van der Waals surface area contributed by atoms with Gasteiger partial charge in [0.05, 0.1) is 23.3 Å². The number of ketones is 1. The van der Waals surface area contributed by atoms with Gasteiger partial charge in [0.15, 0.2) is 0 Å². The van der Waals surface area contributed by atoms with Gasteiger partial charge in [0.25, 0.3) is 17.6 Å². The van der Waals surface area contributed by atoms with Crippen LogP contribution in [-0.2, 0) is 9.53 Å². The van der Waals surface area contributed by atoms with Gasteiger partial charge in [-0.1, -0.05) is 18.2 Å². The fourth-order valence-electron chi connectivity index (χ4n) is 3.93. The minimum Gasteiger partial charge on any atom is -0.478 e. The number of rotatable bonds is 5. The Morgan fingerprint density at radius 3 is 2.33 bits per heavy atom. The molecule has 3 aromatic rings. The van der Waals surface area contributed by atoms with Crippen molar-refractivity contribution in [3.63, 3.8) is 0 Å². The SMILES string of the molecule is CCOC(=N)c1ccc(F)c2c(C(=O)C(=O)N3CCN(C(=O)c4ccccc4)CC3)c[nH]c12. The molecular weight excluding hydrogens is 427 g/mol. The van der Waals surface area contributed by atoms with Gasteiger partial charge in [-0.05, 0) is 31.2 Å². The minimum absolute atomic E-state index is 0.0480. The molecule has 2 amide bonds. The van der Waals surface area contributed by atoms with E-state index < -0.39 is 17.5 Å². The number of carbonyl (C=O) groups excluding carboxylic acids is 3. The van der Waals surface area contributed by atoms with Crippen molar-refractivity contribution in [1.82, 2.24) is 14.8 Å². The number of amides is 2. The molecule has 0 saturated carbocycles. The molecule has 1 fully saturated rings. The highest BCUT2D eigenvalue weighted by Crippen LogP contribution is 2.26. The lowest BCUT2D eigenvalue weighted by Gasteiger charge is -2.34. The maximum Gasteiger partial charge on any atom is 0.295 e. The summed E-state index contributed by atoms with van der Waals surface area (Å²) >= 11 is 0. The van der Waals surface area contributed by atoms with E-state index in [1.807, 2.05) is 6.07 Å². The Bertz CT molecular complexity index is 1230. The van der Waals surface area contributed by atoms with Gasteiger partial charge >= 0.3 is 0 Å². The summed E-state index contributed by atoms with van der Waals surface area (Å²) < 4.78 is 19.8. The monoisotopic (exact) mass is 450 g/mol. The lowest BCUT2D eigenvalue weighted by atomic mass is 10.0. The van der Waals surface area contributed by atoms with Gasteiger partial charge in [-0.15, -0.1) is 0 Å². The van der Waals surface area contributed by atoms with Crippen molar-refractivity contribution in [3.05, 3.63) is 71.2 Å². The first-order valence-corrected chi connectivity index (χ1v) is 10.6. The fourth-order valence-corrected chi connectivity index (χ4v) is 3.93. The van der Waals surface area contributed by atoms with Gasteiger partial charge < -0.3 is 19.5 Å². The van der Waals surface area contributed by atoms with Crippen molar-refractivity contribution in [2.24, 2.45) is 0 Å². The number of benzene rings is 2. The molecule has 2 heterocycles. The molecular formula is C24H23FN4O4. The lowest BCUT2D eigenvalue weighted by molar-refractivity contribution is -0.127. The Morgan fingerprint density at radius 1 is 1.00 bits per heavy atom. The Kier molecular flexibility index (Phi) is 6.21. The highest BCUT2D eigenvalue weighted by Gasteiger charge is 2.31. The quantitative estimate of drug-likeness (QED) is 0.270. The largest absolute Gasteiger partial charge is 0.478 e. The van der Waals surface area contributed by atoms with Gasteiger partial charge in [0, 0.05) is 43.3 Å².